The van der Waals surface area contributed by atoms with Crippen molar-refractivity contribution in [2.75, 3.05) is 5.75 Å². The lowest BCUT2D eigenvalue weighted by Gasteiger charge is -2.27. The summed E-state index contributed by atoms with van der Waals surface area (Å²) < 4.78 is 0. The van der Waals surface area contributed by atoms with Gasteiger partial charge in [-0.25, -0.2) is 0 Å². The van der Waals surface area contributed by atoms with E-state index in [1.165, 1.54) is 17.7 Å². The monoisotopic (exact) mass is 235 g/mol. The van der Waals surface area contributed by atoms with Gasteiger partial charge in [-0.1, -0.05) is 32.0 Å². The van der Waals surface area contributed by atoms with Gasteiger partial charge in [0, 0.05) is 16.2 Å². The second kappa shape index (κ2) is 4.42. The Morgan fingerprint density at radius 1 is 1.25 bits per heavy atom. The summed E-state index contributed by atoms with van der Waals surface area (Å²) in [4.78, 5) is 1.36. The summed E-state index contributed by atoms with van der Waals surface area (Å²) in [6.45, 7) is 4.66. The zero-order valence-electron chi connectivity index (χ0n) is 10.2. The highest BCUT2D eigenvalue weighted by Crippen LogP contribution is 2.44. The minimum Gasteiger partial charge on any atom is -0.325 e. The number of thioether (sulfide) groups is 1. The molecule has 1 aliphatic rings. The Kier molecular flexibility index (Phi) is 3.32. The number of rotatable bonds is 5. The zero-order chi connectivity index (χ0) is 11.6. The molecule has 0 aliphatic heterocycles. The van der Waals surface area contributed by atoms with Gasteiger partial charge in [-0.05, 0) is 36.8 Å². The van der Waals surface area contributed by atoms with Gasteiger partial charge in [0.1, 0.15) is 0 Å². The summed E-state index contributed by atoms with van der Waals surface area (Å²) in [5.74, 6) is 1.15. The van der Waals surface area contributed by atoms with Gasteiger partial charge in [-0.2, -0.15) is 0 Å². The van der Waals surface area contributed by atoms with Gasteiger partial charge in [0.15, 0.2) is 0 Å². The summed E-state index contributed by atoms with van der Waals surface area (Å²) in [6.07, 6.45) is 3.58. The minimum absolute atomic E-state index is 0.167. The molecule has 0 atom stereocenters. The lowest BCUT2D eigenvalue weighted by atomic mass is 9.87. The molecule has 0 heterocycles. The Hall–Kier alpha value is -0.470. The molecule has 0 radical (unpaired) electrons. The van der Waals surface area contributed by atoms with E-state index in [-0.39, 0.29) is 5.54 Å². The Balaban J connectivity index is 1.84. The van der Waals surface area contributed by atoms with Gasteiger partial charge in [-0.3, -0.25) is 0 Å². The van der Waals surface area contributed by atoms with E-state index in [0.717, 1.165) is 12.2 Å². The topological polar surface area (TPSA) is 26.0 Å². The molecule has 1 aromatic carbocycles. The van der Waals surface area contributed by atoms with Gasteiger partial charge in [-0.15, -0.1) is 11.8 Å². The second-order valence-corrected chi connectivity index (χ2v) is 6.85. The molecule has 1 nitrogen and oxygen atoms in total. The van der Waals surface area contributed by atoms with E-state index in [2.05, 4.69) is 44.2 Å². The highest BCUT2D eigenvalue weighted by atomic mass is 32.2. The van der Waals surface area contributed by atoms with Crippen LogP contribution in [-0.4, -0.2) is 11.3 Å². The van der Waals surface area contributed by atoms with Crippen LogP contribution in [0.2, 0.25) is 0 Å². The molecule has 88 valence electrons. The van der Waals surface area contributed by atoms with Gasteiger partial charge in [0.2, 0.25) is 0 Å². The SMILES string of the molecule is CC(C)(CSc1ccccc1)CC1(N)CC1. The van der Waals surface area contributed by atoms with E-state index in [1.54, 1.807) is 0 Å². The number of hydrogen-bond donors (Lipinski definition) is 1. The molecule has 0 saturated heterocycles. The Bertz CT molecular complexity index is 341. The van der Waals surface area contributed by atoms with Crippen molar-refractivity contribution in [2.24, 2.45) is 11.1 Å². The first-order valence-corrected chi connectivity index (χ1v) is 6.95. The maximum atomic E-state index is 6.19. The zero-order valence-corrected chi connectivity index (χ0v) is 11.0. The quantitative estimate of drug-likeness (QED) is 0.788. The highest BCUT2D eigenvalue weighted by Gasteiger charge is 2.42. The van der Waals surface area contributed by atoms with Crippen LogP contribution in [0, 0.1) is 5.41 Å². The fraction of sp³-hybridized carbons (Fsp3) is 0.571. The Labute approximate surface area is 103 Å². The van der Waals surface area contributed by atoms with Crippen LogP contribution in [0.4, 0.5) is 0 Å². The molecule has 2 heteroatoms. The smallest absolute Gasteiger partial charge is 0.0161 e. The van der Waals surface area contributed by atoms with Crippen molar-refractivity contribution in [1.29, 1.82) is 0 Å². The molecule has 0 unspecified atom stereocenters. The average molecular weight is 235 g/mol. The molecule has 1 saturated carbocycles. The van der Waals surface area contributed by atoms with Crippen LogP contribution in [0.5, 0.6) is 0 Å². The molecule has 0 spiro atoms. The van der Waals surface area contributed by atoms with Crippen LogP contribution >= 0.6 is 11.8 Å². The van der Waals surface area contributed by atoms with Crippen LogP contribution in [0.1, 0.15) is 33.1 Å². The van der Waals surface area contributed by atoms with Gasteiger partial charge < -0.3 is 5.73 Å². The first-order valence-electron chi connectivity index (χ1n) is 5.96. The molecular weight excluding hydrogens is 214 g/mol. The summed E-state index contributed by atoms with van der Waals surface area (Å²) in [5, 5.41) is 0. The lowest BCUT2D eigenvalue weighted by Crippen LogP contribution is -2.31. The molecule has 1 aliphatic carbocycles. The fourth-order valence-electron chi connectivity index (χ4n) is 2.14. The summed E-state index contributed by atoms with van der Waals surface area (Å²) >= 11 is 1.94. The first kappa shape index (κ1) is 12.0. The third kappa shape index (κ3) is 3.53. The van der Waals surface area contributed by atoms with Gasteiger partial charge in [0.05, 0.1) is 0 Å². The van der Waals surface area contributed by atoms with E-state index in [1.807, 2.05) is 11.8 Å². The number of nitrogens with two attached hydrogens (primary N) is 1. The Morgan fingerprint density at radius 3 is 2.44 bits per heavy atom. The molecule has 16 heavy (non-hydrogen) atoms. The maximum absolute atomic E-state index is 6.19. The molecule has 1 fully saturated rings. The predicted octanol–water partition coefficient (Wildman–Crippen LogP) is 3.69. The van der Waals surface area contributed by atoms with Crippen LogP contribution in [0.3, 0.4) is 0 Å². The van der Waals surface area contributed by atoms with Crippen LogP contribution in [0.25, 0.3) is 0 Å². The van der Waals surface area contributed by atoms with Crippen molar-refractivity contribution < 1.29 is 0 Å². The van der Waals surface area contributed by atoms with Crippen molar-refractivity contribution in [2.45, 2.75) is 43.5 Å². The lowest BCUT2D eigenvalue weighted by molar-refractivity contribution is 0.338. The highest BCUT2D eigenvalue weighted by molar-refractivity contribution is 7.99. The predicted molar refractivity (Wildman–Crippen MR) is 71.7 cm³/mol. The summed E-state index contributed by atoms with van der Waals surface area (Å²) in [5.41, 5.74) is 6.70. The standard InChI is InChI=1S/C14H21NS/c1-13(2,10-14(15)8-9-14)11-16-12-6-4-3-5-7-12/h3-7H,8-11,15H2,1-2H3. The third-order valence-corrected chi connectivity index (χ3v) is 4.63. The van der Waals surface area contributed by atoms with E-state index < -0.39 is 0 Å². The van der Waals surface area contributed by atoms with E-state index >= 15 is 0 Å². The van der Waals surface area contributed by atoms with Crippen molar-refractivity contribution in [3.8, 4) is 0 Å². The van der Waals surface area contributed by atoms with Gasteiger partial charge in [0.25, 0.3) is 0 Å². The summed E-state index contributed by atoms with van der Waals surface area (Å²) in [6, 6.07) is 10.6. The fourth-order valence-corrected chi connectivity index (χ4v) is 3.15. The molecule has 1 aromatic rings. The second-order valence-electron chi connectivity index (χ2n) is 5.81. The first-order chi connectivity index (χ1) is 7.49. The normalized spacial score (nSPS) is 18.4. The van der Waals surface area contributed by atoms with Gasteiger partial charge >= 0.3 is 0 Å². The molecule has 0 aromatic heterocycles. The van der Waals surface area contributed by atoms with E-state index in [0.29, 0.717) is 5.41 Å². The van der Waals surface area contributed by atoms with Crippen molar-refractivity contribution in [1.82, 2.24) is 0 Å². The largest absolute Gasteiger partial charge is 0.325 e. The van der Waals surface area contributed by atoms with E-state index in [9.17, 15) is 0 Å². The summed E-state index contributed by atoms with van der Waals surface area (Å²) in [7, 11) is 0. The van der Waals surface area contributed by atoms with Crippen molar-refractivity contribution >= 4 is 11.8 Å². The van der Waals surface area contributed by atoms with E-state index in [4.69, 9.17) is 5.73 Å². The number of hydrogen-bond acceptors (Lipinski definition) is 2. The van der Waals surface area contributed by atoms with Crippen molar-refractivity contribution in [3.05, 3.63) is 30.3 Å². The molecular formula is C14H21NS. The Morgan fingerprint density at radius 2 is 1.88 bits per heavy atom. The molecule has 0 bridgehead atoms. The molecule has 2 N–H and O–H groups in total. The molecule has 0 amide bonds. The molecule has 2 rings (SSSR count). The van der Waals surface area contributed by atoms with Crippen molar-refractivity contribution in [3.63, 3.8) is 0 Å². The van der Waals surface area contributed by atoms with Crippen LogP contribution < -0.4 is 5.73 Å². The van der Waals surface area contributed by atoms with Crippen LogP contribution in [0.15, 0.2) is 35.2 Å². The number of benzene rings is 1. The van der Waals surface area contributed by atoms with Crippen LogP contribution in [-0.2, 0) is 0 Å². The third-order valence-electron chi connectivity index (χ3n) is 3.10. The maximum Gasteiger partial charge on any atom is 0.0161 e. The average Bonchev–Trinajstić information content (AvgIpc) is 2.94. The minimum atomic E-state index is 0.167.